The predicted octanol–water partition coefficient (Wildman–Crippen LogP) is 2.28. The second-order valence-electron chi connectivity index (χ2n) is 4.56. The van der Waals surface area contributed by atoms with E-state index in [-0.39, 0.29) is 6.61 Å². The summed E-state index contributed by atoms with van der Waals surface area (Å²) < 4.78 is 0. The molecule has 1 rings (SSSR count). The highest BCUT2D eigenvalue weighted by atomic mass is 16.3. The molecule has 2 N–H and O–H groups in total. The Hall–Kier alpha value is -0.930. The van der Waals surface area contributed by atoms with Gasteiger partial charge in [-0.15, -0.1) is 0 Å². The molecule has 0 bridgehead atoms. The van der Waals surface area contributed by atoms with Crippen LogP contribution in [0.25, 0.3) is 0 Å². The van der Waals surface area contributed by atoms with Gasteiger partial charge in [0.25, 0.3) is 0 Å². The Labute approximate surface area is 104 Å². The minimum Gasteiger partial charge on any atom is -0.396 e. The monoisotopic (exact) mass is 236 g/mol. The average Bonchev–Trinajstić information content (AvgIpc) is 2.32. The molecule has 0 spiro atoms. The maximum atomic E-state index is 8.98. The number of aliphatic hydroxyl groups excluding tert-OH is 1. The summed E-state index contributed by atoms with van der Waals surface area (Å²) in [4.78, 5) is 4.36. The van der Waals surface area contributed by atoms with Gasteiger partial charge in [-0.2, -0.15) is 0 Å². The molecule has 0 amide bonds. The van der Waals surface area contributed by atoms with Gasteiger partial charge in [0.05, 0.1) is 5.69 Å². The molecule has 1 aromatic rings. The zero-order chi connectivity index (χ0) is 12.5. The molecule has 3 heteroatoms. The summed E-state index contributed by atoms with van der Waals surface area (Å²) in [5.74, 6) is 0.578. The molecule has 0 radical (unpaired) electrons. The van der Waals surface area contributed by atoms with Crippen molar-refractivity contribution >= 4 is 0 Å². The number of hydrogen-bond acceptors (Lipinski definition) is 3. The number of hydrogen-bond donors (Lipinski definition) is 2. The summed E-state index contributed by atoms with van der Waals surface area (Å²) in [6.07, 6.45) is 5.08. The third kappa shape index (κ3) is 5.29. The van der Waals surface area contributed by atoms with E-state index in [4.69, 9.17) is 5.11 Å². The number of aryl methyl sites for hydroxylation is 1. The molecule has 1 heterocycles. The lowest BCUT2D eigenvalue weighted by molar-refractivity contribution is 0.248. The summed E-state index contributed by atoms with van der Waals surface area (Å²) in [5.41, 5.74) is 2.35. The maximum Gasteiger partial charge on any atom is 0.0570 e. The first kappa shape index (κ1) is 14.1. The Morgan fingerprint density at radius 2 is 2.24 bits per heavy atom. The number of pyridine rings is 1. The zero-order valence-corrected chi connectivity index (χ0v) is 10.9. The normalized spacial score (nSPS) is 12.6. The van der Waals surface area contributed by atoms with Gasteiger partial charge in [0.2, 0.25) is 0 Å². The standard InChI is InChI=1S/C14H24N2O/c1-3-5-13(7-9-17)10-15-11-14-12(2)6-4-8-16-14/h4,6,8,13,15,17H,3,5,7,9-11H2,1-2H3. The molecule has 0 saturated heterocycles. The third-order valence-corrected chi connectivity index (χ3v) is 3.08. The van der Waals surface area contributed by atoms with Gasteiger partial charge in [-0.05, 0) is 43.9 Å². The molecule has 96 valence electrons. The molecule has 1 atom stereocenters. The first-order valence-corrected chi connectivity index (χ1v) is 6.50. The van der Waals surface area contributed by atoms with E-state index in [0.717, 1.165) is 25.2 Å². The molecule has 1 aromatic heterocycles. The quantitative estimate of drug-likeness (QED) is 0.728. The lowest BCUT2D eigenvalue weighted by atomic mass is 10.0. The molecule has 0 aromatic carbocycles. The average molecular weight is 236 g/mol. The fraction of sp³-hybridized carbons (Fsp3) is 0.643. The van der Waals surface area contributed by atoms with Crippen LogP contribution in [0, 0.1) is 12.8 Å². The highest BCUT2D eigenvalue weighted by Crippen LogP contribution is 2.10. The van der Waals surface area contributed by atoms with Crippen LogP contribution in [0.2, 0.25) is 0 Å². The fourth-order valence-corrected chi connectivity index (χ4v) is 2.04. The summed E-state index contributed by atoms with van der Waals surface area (Å²) >= 11 is 0. The second kappa shape index (κ2) is 8.20. The van der Waals surface area contributed by atoms with Crippen LogP contribution in [0.1, 0.15) is 37.4 Å². The largest absolute Gasteiger partial charge is 0.396 e. The van der Waals surface area contributed by atoms with Crippen LogP contribution in [0.4, 0.5) is 0 Å². The van der Waals surface area contributed by atoms with Gasteiger partial charge in [0.1, 0.15) is 0 Å². The van der Waals surface area contributed by atoms with Crippen molar-refractivity contribution in [2.75, 3.05) is 13.2 Å². The number of nitrogens with zero attached hydrogens (tertiary/aromatic N) is 1. The molecule has 0 saturated carbocycles. The molecule has 0 aliphatic carbocycles. The van der Waals surface area contributed by atoms with Crippen molar-refractivity contribution in [1.82, 2.24) is 10.3 Å². The van der Waals surface area contributed by atoms with E-state index in [9.17, 15) is 0 Å². The summed E-state index contributed by atoms with van der Waals surface area (Å²) in [6, 6.07) is 4.05. The smallest absolute Gasteiger partial charge is 0.0570 e. The van der Waals surface area contributed by atoms with Gasteiger partial charge in [0, 0.05) is 19.3 Å². The van der Waals surface area contributed by atoms with Gasteiger partial charge in [-0.3, -0.25) is 4.98 Å². The minimum absolute atomic E-state index is 0.287. The van der Waals surface area contributed by atoms with Gasteiger partial charge >= 0.3 is 0 Å². The first-order chi connectivity index (χ1) is 8.27. The molecule has 0 aliphatic rings. The van der Waals surface area contributed by atoms with Crippen molar-refractivity contribution < 1.29 is 5.11 Å². The van der Waals surface area contributed by atoms with Crippen molar-refractivity contribution in [2.24, 2.45) is 5.92 Å². The maximum absolute atomic E-state index is 8.98. The van der Waals surface area contributed by atoms with E-state index >= 15 is 0 Å². The minimum atomic E-state index is 0.287. The Morgan fingerprint density at radius 3 is 2.88 bits per heavy atom. The van der Waals surface area contributed by atoms with Crippen LogP contribution in [0.15, 0.2) is 18.3 Å². The van der Waals surface area contributed by atoms with E-state index in [1.807, 2.05) is 12.3 Å². The van der Waals surface area contributed by atoms with Crippen LogP contribution < -0.4 is 5.32 Å². The zero-order valence-electron chi connectivity index (χ0n) is 10.9. The molecular formula is C14H24N2O. The van der Waals surface area contributed by atoms with Gasteiger partial charge in [0.15, 0.2) is 0 Å². The van der Waals surface area contributed by atoms with Crippen LogP contribution in [-0.4, -0.2) is 23.2 Å². The van der Waals surface area contributed by atoms with Crippen molar-refractivity contribution in [2.45, 2.75) is 39.7 Å². The van der Waals surface area contributed by atoms with Crippen molar-refractivity contribution in [3.8, 4) is 0 Å². The lowest BCUT2D eigenvalue weighted by Crippen LogP contribution is -2.24. The van der Waals surface area contributed by atoms with E-state index < -0.39 is 0 Å². The molecule has 17 heavy (non-hydrogen) atoms. The number of aliphatic hydroxyl groups is 1. The van der Waals surface area contributed by atoms with E-state index in [2.05, 4.69) is 30.2 Å². The van der Waals surface area contributed by atoms with Crippen molar-refractivity contribution in [3.63, 3.8) is 0 Å². The summed E-state index contributed by atoms with van der Waals surface area (Å²) in [5, 5.41) is 12.4. The molecular weight excluding hydrogens is 212 g/mol. The number of rotatable bonds is 8. The van der Waals surface area contributed by atoms with Gasteiger partial charge in [-0.1, -0.05) is 19.4 Å². The lowest BCUT2D eigenvalue weighted by Gasteiger charge is -2.15. The van der Waals surface area contributed by atoms with Gasteiger partial charge in [-0.25, -0.2) is 0 Å². The Kier molecular flexibility index (Phi) is 6.82. The SMILES string of the molecule is CCCC(CCO)CNCc1ncccc1C. The summed E-state index contributed by atoms with van der Waals surface area (Å²) in [7, 11) is 0. The number of nitrogens with one attached hydrogen (secondary N) is 1. The number of aromatic nitrogens is 1. The van der Waals surface area contributed by atoms with Gasteiger partial charge < -0.3 is 10.4 Å². The first-order valence-electron chi connectivity index (χ1n) is 6.50. The van der Waals surface area contributed by atoms with E-state index in [1.54, 1.807) is 0 Å². The highest BCUT2D eigenvalue weighted by Gasteiger charge is 2.07. The van der Waals surface area contributed by atoms with Crippen LogP contribution >= 0.6 is 0 Å². The molecule has 0 fully saturated rings. The molecule has 3 nitrogen and oxygen atoms in total. The Bertz CT molecular complexity index is 309. The van der Waals surface area contributed by atoms with Crippen molar-refractivity contribution in [3.05, 3.63) is 29.6 Å². The van der Waals surface area contributed by atoms with Crippen molar-refractivity contribution in [1.29, 1.82) is 0 Å². The fourth-order valence-electron chi connectivity index (χ4n) is 2.04. The Balaban J connectivity index is 2.33. The van der Waals surface area contributed by atoms with Crippen LogP contribution in [0.3, 0.4) is 0 Å². The second-order valence-corrected chi connectivity index (χ2v) is 4.56. The third-order valence-electron chi connectivity index (χ3n) is 3.08. The summed E-state index contributed by atoms with van der Waals surface area (Å²) in [6.45, 7) is 6.34. The highest BCUT2D eigenvalue weighted by molar-refractivity contribution is 5.17. The topological polar surface area (TPSA) is 45.1 Å². The van der Waals surface area contributed by atoms with E-state index in [0.29, 0.717) is 5.92 Å². The van der Waals surface area contributed by atoms with Crippen LogP contribution in [-0.2, 0) is 6.54 Å². The van der Waals surface area contributed by atoms with Crippen LogP contribution in [0.5, 0.6) is 0 Å². The molecule has 1 unspecified atom stereocenters. The predicted molar refractivity (Wildman–Crippen MR) is 70.8 cm³/mol. The van der Waals surface area contributed by atoms with E-state index in [1.165, 1.54) is 18.4 Å². The molecule has 0 aliphatic heterocycles. The Morgan fingerprint density at radius 1 is 1.41 bits per heavy atom.